The first kappa shape index (κ1) is 16.8. The van der Waals surface area contributed by atoms with Gasteiger partial charge in [0.1, 0.15) is 11.4 Å². The van der Waals surface area contributed by atoms with Crippen LogP contribution in [0.25, 0.3) is 10.9 Å². The number of rotatable bonds is 3. The summed E-state index contributed by atoms with van der Waals surface area (Å²) in [6, 6.07) is 2.87. The van der Waals surface area contributed by atoms with Gasteiger partial charge in [-0.3, -0.25) is 9.47 Å². The van der Waals surface area contributed by atoms with Gasteiger partial charge in [-0.2, -0.15) is 0 Å². The molecule has 1 N–H and O–H groups in total. The number of nitrogens with zero attached hydrogens (tertiary/aromatic N) is 4. The number of carboxylic acid groups (broad SMARTS) is 1. The fourth-order valence-electron chi connectivity index (χ4n) is 3.51. The second-order valence-corrected chi connectivity index (χ2v) is 6.94. The fourth-order valence-corrected chi connectivity index (χ4v) is 3.51. The third kappa shape index (κ3) is 2.70. The number of halogens is 1. The molecule has 0 atom stereocenters. The Balaban J connectivity index is 1.89. The quantitative estimate of drug-likeness (QED) is 0.878. The molecular formula is C18H21FN4O3. The molecular weight excluding hydrogens is 339 g/mol. The predicted molar refractivity (Wildman–Crippen MR) is 97.4 cm³/mol. The first-order valence-corrected chi connectivity index (χ1v) is 8.76. The molecule has 4 rings (SSSR count). The SMILES string of the molecule is CN1CCN(c2cc3c(cc2F)c(=O)c(C(=O)O)cn3N2CCC2)CC1. The Morgan fingerprint density at radius 1 is 1.12 bits per heavy atom. The fraction of sp³-hybridized carbons (Fsp3) is 0.444. The summed E-state index contributed by atoms with van der Waals surface area (Å²) in [5.74, 6) is -1.79. The lowest BCUT2D eigenvalue weighted by Gasteiger charge is -2.37. The Bertz CT molecular complexity index is 930. The highest BCUT2D eigenvalue weighted by Gasteiger charge is 2.24. The number of aromatic carboxylic acids is 1. The molecule has 138 valence electrons. The number of anilines is 1. The van der Waals surface area contributed by atoms with Gasteiger partial charge in [0.15, 0.2) is 0 Å². The average molecular weight is 360 g/mol. The first-order valence-electron chi connectivity index (χ1n) is 8.76. The Morgan fingerprint density at radius 2 is 1.81 bits per heavy atom. The van der Waals surface area contributed by atoms with E-state index in [0.717, 1.165) is 32.6 Å². The van der Waals surface area contributed by atoms with Crippen molar-refractivity contribution in [3.05, 3.63) is 39.9 Å². The number of fused-ring (bicyclic) bond motifs is 1. The van der Waals surface area contributed by atoms with Crippen LogP contribution in [0.5, 0.6) is 0 Å². The van der Waals surface area contributed by atoms with Crippen molar-refractivity contribution < 1.29 is 14.3 Å². The number of pyridine rings is 1. The number of carboxylic acids is 1. The van der Waals surface area contributed by atoms with Gasteiger partial charge in [-0.15, -0.1) is 0 Å². The summed E-state index contributed by atoms with van der Waals surface area (Å²) < 4.78 is 16.5. The highest BCUT2D eigenvalue weighted by Crippen LogP contribution is 2.27. The molecule has 1 aromatic heterocycles. The van der Waals surface area contributed by atoms with Gasteiger partial charge in [0.25, 0.3) is 0 Å². The molecule has 2 aromatic rings. The molecule has 0 unspecified atom stereocenters. The maximum Gasteiger partial charge on any atom is 0.341 e. The first-order chi connectivity index (χ1) is 12.5. The van der Waals surface area contributed by atoms with Crippen molar-refractivity contribution in [3.63, 3.8) is 0 Å². The molecule has 0 bridgehead atoms. The second-order valence-electron chi connectivity index (χ2n) is 6.94. The summed E-state index contributed by atoms with van der Waals surface area (Å²) >= 11 is 0. The van der Waals surface area contributed by atoms with Crippen LogP contribution in [0.4, 0.5) is 10.1 Å². The van der Waals surface area contributed by atoms with E-state index in [1.807, 2.05) is 17.0 Å². The Kier molecular flexibility index (Phi) is 4.07. The van der Waals surface area contributed by atoms with Gasteiger partial charge in [-0.25, -0.2) is 9.18 Å². The van der Waals surface area contributed by atoms with Crippen LogP contribution >= 0.6 is 0 Å². The van der Waals surface area contributed by atoms with Gasteiger partial charge in [0.2, 0.25) is 5.43 Å². The molecule has 1 aromatic carbocycles. The number of carbonyl (C=O) groups is 1. The van der Waals surface area contributed by atoms with E-state index in [9.17, 15) is 19.1 Å². The van der Waals surface area contributed by atoms with Crippen molar-refractivity contribution in [3.8, 4) is 0 Å². The zero-order valence-corrected chi connectivity index (χ0v) is 14.6. The molecule has 2 fully saturated rings. The third-order valence-corrected chi connectivity index (χ3v) is 5.26. The van der Waals surface area contributed by atoms with E-state index in [1.54, 1.807) is 10.7 Å². The lowest BCUT2D eigenvalue weighted by molar-refractivity contribution is 0.0694. The minimum atomic E-state index is -1.30. The van der Waals surface area contributed by atoms with Gasteiger partial charge >= 0.3 is 5.97 Å². The van der Waals surface area contributed by atoms with Gasteiger partial charge in [0.05, 0.1) is 16.6 Å². The van der Waals surface area contributed by atoms with Crippen LogP contribution in [0.2, 0.25) is 0 Å². The highest BCUT2D eigenvalue weighted by atomic mass is 19.1. The normalized spacial score (nSPS) is 18.2. The smallest absolute Gasteiger partial charge is 0.341 e. The molecule has 0 radical (unpaired) electrons. The van der Waals surface area contributed by atoms with Gasteiger partial charge in [-0.1, -0.05) is 0 Å². The van der Waals surface area contributed by atoms with E-state index in [1.165, 1.54) is 12.3 Å². The molecule has 0 amide bonds. The van der Waals surface area contributed by atoms with Crippen LogP contribution in [0.3, 0.4) is 0 Å². The van der Waals surface area contributed by atoms with Crippen molar-refractivity contribution in [2.24, 2.45) is 0 Å². The Labute approximate surface area is 149 Å². The lowest BCUT2D eigenvalue weighted by Crippen LogP contribution is -2.47. The molecule has 2 aliphatic heterocycles. The molecule has 0 saturated carbocycles. The molecule has 3 heterocycles. The summed E-state index contributed by atoms with van der Waals surface area (Å²) in [6.45, 7) is 4.65. The number of benzene rings is 1. The van der Waals surface area contributed by atoms with Crippen LogP contribution in [0, 0.1) is 5.82 Å². The second kappa shape index (κ2) is 6.28. The summed E-state index contributed by atoms with van der Waals surface area (Å²) in [5, 5.41) is 11.4. The van der Waals surface area contributed by atoms with E-state index in [0.29, 0.717) is 24.3 Å². The highest BCUT2D eigenvalue weighted by molar-refractivity contribution is 5.93. The minimum absolute atomic E-state index is 0.104. The number of aromatic nitrogens is 1. The van der Waals surface area contributed by atoms with Crippen LogP contribution in [-0.2, 0) is 0 Å². The van der Waals surface area contributed by atoms with E-state index < -0.39 is 17.2 Å². The molecule has 2 aliphatic rings. The van der Waals surface area contributed by atoms with Crippen molar-refractivity contribution in [1.82, 2.24) is 9.58 Å². The minimum Gasteiger partial charge on any atom is -0.477 e. The van der Waals surface area contributed by atoms with Gasteiger partial charge < -0.3 is 19.9 Å². The summed E-state index contributed by atoms with van der Waals surface area (Å²) in [4.78, 5) is 28.1. The van der Waals surface area contributed by atoms with E-state index in [4.69, 9.17) is 0 Å². The van der Waals surface area contributed by atoms with Crippen LogP contribution in [0.1, 0.15) is 16.8 Å². The summed E-state index contributed by atoms with van der Waals surface area (Å²) in [7, 11) is 2.03. The molecule has 7 nitrogen and oxygen atoms in total. The van der Waals surface area contributed by atoms with Crippen molar-refractivity contribution in [2.75, 3.05) is 56.2 Å². The summed E-state index contributed by atoms with van der Waals surface area (Å²) in [6.07, 6.45) is 2.36. The maximum absolute atomic E-state index is 14.8. The Hall–Kier alpha value is -2.61. The third-order valence-electron chi connectivity index (χ3n) is 5.26. The zero-order valence-electron chi connectivity index (χ0n) is 14.6. The molecule has 0 spiro atoms. The van der Waals surface area contributed by atoms with E-state index in [-0.39, 0.29) is 10.9 Å². The zero-order chi connectivity index (χ0) is 18.4. The standard InChI is InChI=1S/C18H21FN4O3/c1-20-5-7-21(8-6-20)16-10-15-12(9-14(16)19)17(24)13(18(25)26)11-23(15)22-3-2-4-22/h9-11H,2-8H2,1H3,(H,25,26). The summed E-state index contributed by atoms with van der Waals surface area (Å²) in [5.41, 5.74) is 0.0293. The van der Waals surface area contributed by atoms with Gasteiger partial charge in [0, 0.05) is 45.5 Å². The predicted octanol–water partition coefficient (Wildman–Crippen LogP) is 0.932. The van der Waals surface area contributed by atoms with Gasteiger partial charge in [-0.05, 0) is 25.6 Å². The van der Waals surface area contributed by atoms with Crippen molar-refractivity contribution in [1.29, 1.82) is 0 Å². The van der Waals surface area contributed by atoms with Crippen molar-refractivity contribution in [2.45, 2.75) is 6.42 Å². The maximum atomic E-state index is 14.8. The molecule has 8 heteroatoms. The van der Waals surface area contributed by atoms with Crippen LogP contribution in [-0.4, -0.2) is 67.0 Å². The van der Waals surface area contributed by atoms with Crippen LogP contribution < -0.4 is 15.3 Å². The monoisotopic (exact) mass is 360 g/mol. The lowest BCUT2D eigenvalue weighted by atomic mass is 10.1. The number of likely N-dealkylation sites (N-methyl/N-ethyl adjacent to an activating group) is 1. The average Bonchev–Trinajstić information content (AvgIpc) is 2.56. The Morgan fingerprint density at radius 3 is 2.38 bits per heavy atom. The van der Waals surface area contributed by atoms with E-state index >= 15 is 0 Å². The largest absolute Gasteiger partial charge is 0.477 e. The topological polar surface area (TPSA) is 69.0 Å². The number of hydrogen-bond acceptors (Lipinski definition) is 5. The molecule has 2 saturated heterocycles. The van der Waals surface area contributed by atoms with Crippen LogP contribution in [0.15, 0.2) is 23.1 Å². The number of piperazine rings is 1. The number of hydrogen-bond donors (Lipinski definition) is 1. The van der Waals surface area contributed by atoms with E-state index in [2.05, 4.69) is 4.90 Å². The molecule has 26 heavy (non-hydrogen) atoms. The van der Waals surface area contributed by atoms with Crippen molar-refractivity contribution >= 4 is 22.6 Å². The molecule has 0 aliphatic carbocycles.